The third-order valence-electron chi connectivity index (χ3n) is 2.60. The number of carbonyl (C=O) groups excluding carboxylic acids is 1. The van der Waals surface area contributed by atoms with Gasteiger partial charge in [0.1, 0.15) is 0 Å². The lowest BCUT2D eigenvalue weighted by Crippen LogP contribution is -2.41. The molecule has 0 unspecified atom stereocenters. The summed E-state index contributed by atoms with van der Waals surface area (Å²) in [5, 5.41) is 5.80. The minimum absolute atomic E-state index is 0.0102. The lowest BCUT2D eigenvalue weighted by molar-refractivity contribution is 0.232. The molecular formula is C10H20N2O. The van der Waals surface area contributed by atoms with Crippen LogP contribution in [0.4, 0.5) is 4.79 Å². The Labute approximate surface area is 80.3 Å². The molecule has 0 heterocycles. The van der Waals surface area contributed by atoms with Gasteiger partial charge in [-0.3, -0.25) is 0 Å². The second kappa shape index (κ2) is 3.99. The van der Waals surface area contributed by atoms with E-state index in [-0.39, 0.29) is 11.4 Å². The Morgan fingerprint density at radius 2 is 2.08 bits per heavy atom. The summed E-state index contributed by atoms with van der Waals surface area (Å²) in [4.78, 5) is 11.2. The van der Waals surface area contributed by atoms with E-state index >= 15 is 0 Å². The summed E-state index contributed by atoms with van der Waals surface area (Å²) < 4.78 is 0. The van der Waals surface area contributed by atoms with E-state index in [4.69, 9.17) is 0 Å². The molecule has 0 aliphatic heterocycles. The average Bonchev–Trinajstić information content (AvgIpc) is 2.85. The number of carbonyl (C=O) groups is 1. The molecule has 13 heavy (non-hydrogen) atoms. The molecule has 0 aromatic heterocycles. The second-order valence-electron chi connectivity index (χ2n) is 4.62. The maximum absolute atomic E-state index is 11.2. The van der Waals surface area contributed by atoms with E-state index in [1.54, 1.807) is 0 Å². The van der Waals surface area contributed by atoms with Crippen molar-refractivity contribution in [2.75, 3.05) is 6.54 Å². The summed E-state index contributed by atoms with van der Waals surface area (Å²) in [5.74, 6) is 0. The van der Waals surface area contributed by atoms with Crippen LogP contribution in [-0.4, -0.2) is 18.6 Å². The van der Waals surface area contributed by atoms with Gasteiger partial charge in [0.2, 0.25) is 0 Å². The standard InChI is InChI=1S/C10H20N2O/c1-4-10(2,3)7-11-9(13)12-8-5-6-8/h8H,4-7H2,1-3H3,(H2,11,12,13). The Hall–Kier alpha value is -0.730. The van der Waals surface area contributed by atoms with Crippen LogP contribution in [0.3, 0.4) is 0 Å². The molecule has 0 aromatic rings. The van der Waals surface area contributed by atoms with Gasteiger partial charge in [0.15, 0.2) is 0 Å². The summed E-state index contributed by atoms with van der Waals surface area (Å²) in [6, 6.07) is 0.439. The Kier molecular flexibility index (Phi) is 3.17. The maximum Gasteiger partial charge on any atom is 0.315 e. The van der Waals surface area contributed by atoms with E-state index in [0.29, 0.717) is 6.04 Å². The third-order valence-corrected chi connectivity index (χ3v) is 2.60. The largest absolute Gasteiger partial charge is 0.338 e. The number of nitrogens with one attached hydrogen (secondary N) is 2. The first-order valence-corrected chi connectivity index (χ1v) is 5.08. The fourth-order valence-electron chi connectivity index (χ4n) is 0.909. The molecule has 3 nitrogen and oxygen atoms in total. The van der Waals surface area contributed by atoms with Crippen LogP contribution in [0.1, 0.15) is 40.0 Å². The van der Waals surface area contributed by atoms with Crippen molar-refractivity contribution in [3.8, 4) is 0 Å². The van der Waals surface area contributed by atoms with Crippen molar-refractivity contribution in [1.29, 1.82) is 0 Å². The highest BCUT2D eigenvalue weighted by Gasteiger charge is 2.24. The van der Waals surface area contributed by atoms with Gasteiger partial charge in [-0.1, -0.05) is 20.8 Å². The minimum Gasteiger partial charge on any atom is -0.338 e. The number of hydrogen-bond acceptors (Lipinski definition) is 1. The van der Waals surface area contributed by atoms with Crippen molar-refractivity contribution in [2.24, 2.45) is 5.41 Å². The van der Waals surface area contributed by atoms with Crippen molar-refractivity contribution < 1.29 is 4.79 Å². The highest BCUT2D eigenvalue weighted by Crippen LogP contribution is 2.19. The van der Waals surface area contributed by atoms with Crippen LogP contribution in [0.5, 0.6) is 0 Å². The molecule has 1 aliphatic carbocycles. The fraction of sp³-hybridized carbons (Fsp3) is 0.900. The van der Waals surface area contributed by atoms with Gasteiger partial charge < -0.3 is 10.6 Å². The van der Waals surface area contributed by atoms with Gasteiger partial charge in [-0.25, -0.2) is 4.79 Å². The average molecular weight is 184 g/mol. The first-order chi connectivity index (χ1) is 6.03. The van der Waals surface area contributed by atoms with Crippen LogP contribution in [0, 0.1) is 5.41 Å². The van der Waals surface area contributed by atoms with Crippen LogP contribution in [0.2, 0.25) is 0 Å². The highest BCUT2D eigenvalue weighted by atomic mass is 16.2. The van der Waals surface area contributed by atoms with E-state index in [2.05, 4.69) is 31.4 Å². The minimum atomic E-state index is -0.0102. The van der Waals surface area contributed by atoms with E-state index in [1.165, 1.54) is 0 Å². The van der Waals surface area contributed by atoms with Gasteiger partial charge in [0.25, 0.3) is 0 Å². The summed E-state index contributed by atoms with van der Waals surface area (Å²) in [7, 11) is 0. The lowest BCUT2D eigenvalue weighted by Gasteiger charge is -2.22. The van der Waals surface area contributed by atoms with Crippen LogP contribution in [0.15, 0.2) is 0 Å². The van der Waals surface area contributed by atoms with Gasteiger partial charge in [0, 0.05) is 12.6 Å². The van der Waals surface area contributed by atoms with Crippen LogP contribution >= 0.6 is 0 Å². The van der Waals surface area contributed by atoms with Gasteiger partial charge in [-0.15, -0.1) is 0 Å². The number of amides is 2. The number of rotatable bonds is 4. The molecular weight excluding hydrogens is 164 g/mol. The van der Waals surface area contributed by atoms with Crippen molar-refractivity contribution >= 4 is 6.03 Å². The quantitative estimate of drug-likeness (QED) is 0.688. The molecule has 0 saturated heterocycles. The zero-order valence-electron chi connectivity index (χ0n) is 8.81. The van der Waals surface area contributed by atoms with Gasteiger partial charge in [0.05, 0.1) is 0 Å². The maximum atomic E-state index is 11.2. The van der Waals surface area contributed by atoms with Crippen molar-refractivity contribution in [2.45, 2.75) is 46.1 Å². The monoisotopic (exact) mass is 184 g/mol. The van der Waals surface area contributed by atoms with Crippen molar-refractivity contribution in [3.05, 3.63) is 0 Å². The van der Waals surface area contributed by atoms with Crippen LogP contribution < -0.4 is 10.6 Å². The summed E-state index contributed by atoms with van der Waals surface area (Å²) in [5.41, 5.74) is 0.209. The van der Waals surface area contributed by atoms with Crippen LogP contribution in [-0.2, 0) is 0 Å². The Bertz CT molecular complexity index is 185. The SMILES string of the molecule is CCC(C)(C)CNC(=O)NC1CC1. The smallest absolute Gasteiger partial charge is 0.315 e. The predicted octanol–water partition coefficient (Wildman–Crippen LogP) is 1.88. The Morgan fingerprint density at radius 1 is 1.46 bits per heavy atom. The topological polar surface area (TPSA) is 41.1 Å². The first-order valence-electron chi connectivity index (χ1n) is 5.08. The molecule has 3 heteroatoms. The molecule has 2 N–H and O–H groups in total. The van der Waals surface area contributed by atoms with Gasteiger partial charge >= 0.3 is 6.03 Å². The molecule has 1 rings (SSSR count). The summed E-state index contributed by atoms with van der Waals surface area (Å²) in [6.07, 6.45) is 3.37. The van der Waals surface area contributed by atoms with Crippen molar-refractivity contribution in [1.82, 2.24) is 10.6 Å². The zero-order chi connectivity index (χ0) is 9.90. The Balaban J connectivity index is 2.13. The van der Waals surface area contributed by atoms with E-state index in [1.807, 2.05) is 0 Å². The molecule has 0 aromatic carbocycles. The Morgan fingerprint density at radius 3 is 2.54 bits per heavy atom. The highest BCUT2D eigenvalue weighted by molar-refractivity contribution is 5.74. The normalized spacial score (nSPS) is 16.8. The van der Waals surface area contributed by atoms with E-state index in [9.17, 15) is 4.79 Å². The zero-order valence-corrected chi connectivity index (χ0v) is 8.81. The fourth-order valence-corrected chi connectivity index (χ4v) is 0.909. The van der Waals surface area contributed by atoms with E-state index < -0.39 is 0 Å². The molecule has 0 spiro atoms. The summed E-state index contributed by atoms with van der Waals surface area (Å²) in [6.45, 7) is 7.21. The van der Waals surface area contributed by atoms with Gasteiger partial charge in [-0.2, -0.15) is 0 Å². The molecule has 1 aliphatic rings. The molecule has 0 atom stereocenters. The molecule has 1 saturated carbocycles. The number of hydrogen-bond donors (Lipinski definition) is 2. The molecule has 0 bridgehead atoms. The van der Waals surface area contributed by atoms with Crippen molar-refractivity contribution in [3.63, 3.8) is 0 Å². The van der Waals surface area contributed by atoms with Crippen LogP contribution in [0.25, 0.3) is 0 Å². The molecule has 1 fully saturated rings. The summed E-state index contributed by atoms with van der Waals surface area (Å²) >= 11 is 0. The van der Waals surface area contributed by atoms with Gasteiger partial charge in [-0.05, 0) is 24.7 Å². The predicted molar refractivity (Wildman–Crippen MR) is 53.6 cm³/mol. The lowest BCUT2D eigenvalue weighted by atomic mass is 9.90. The number of urea groups is 1. The second-order valence-corrected chi connectivity index (χ2v) is 4.62. The third kappa shape index (κ3) is 4.15. The molecule has 76 valence electrons. The molecule has 2 amide bonds. The first kappa shape index (κ1) is 10.4. The molecule has 0 radical (unpaired) electrons. The van der Waals surface area contributed by atoms with E-state index in [0.717, 1.165) is 25.8 Å².